The average molecular weight is 308 g/mol. The van der Waals surface area contributed by atoms with Crippen LogP contribution in [0.15, 0.2) is 30.3 Å². The molecule has 0 spiro atoms. The van der Waals surface area contributed by atoms with E-state index in [1.165, 1.54) is 6.42 Å². The number of hydrogen-bond donors (Lipinski definition) is 1. The minimum absolute atomic E-state index is 0.205. The van der Waals surface area contributed by atoms with Crippen molar-refractivity contribution in [3.63, 3.8) is 0 Å². The molecular weight excluding hydrogens is 284 g/mol. The molecule has 2 atom stereocenters. The molecule has 116 valence electrons. The maximum atomic E-state index is 12.2. The largest absolute Gasteiger partial charge is 0.390 e. The van der Waals surface area contributed by atoms with Gasteiger partial charge in [-0.1, -0.05) is 36.8 Å². The maximum absolute atomic E-state index is 12.2. The Kier molecular flexibility index (Phi) is 4.77. The molecular formula is C17H24O3S. The summed E-state index contributed by atoms with van der Waals surface area (Å²) in [7, 11) is -0.720. The number of hydrogen-bond acceptors (Lipinski definition) is 3. The highest BCUT2D eigenvalue weighted by molar-refractivity contribution is 7.86. The Balaban J connectivity index is 1.47. The quantitative estimate of drug-likeness (QED) is 0.851. The van der Waals surface area contributed by atoms with Gasteiger partial charge in [-0.25, -0.2) is 0 Å². The molecule has 2 aliphatic rings. The summed E-state index contributed by atoms with van der Waals surface area (Å²) in [5.74, 6) is 0. The molecule has 2 fully saturated rings. The van der Waals surface area contributed by atoms with E-state index < -0.39 is 16.4 Å². The Hall–Kier alpha value is -0.710. The first kappa shape index (κ1) is 15.2. The van der Waals surface area contributed by atoms with E-state index >= 15 is 0 Å². The fourth-order valence-electron chi connectivity index (χ4n) is 3.61. The van der Waals surface area contributed by atoms with E-state index in [-0.39, 0.29) is 10.5 Å². The van der Waals surface area contributed by atoms with Crippen LogP contribution < -0.4 is 0 Å². The summed E-state index contributed by atoms with van der Waals surface area (Å²) in [6, 6.07) is 10.1. The molecule has 2 heterocycles. The van der Waals surface area contributed by atoms with E-state index in [9.17, 15) is 9.32 Å². The maximum Gasteiger partial charge on any atom is 0.0716 e. The van der Waals surface area contributed by atoms with Gasteiger partial charge in [0, 0.05) is 27.9 Å². The molecule has 3 nitrogen and oxygen atoms in total. The standard InChI is InChI=1S/C17H24O3S/c18-17(9-10-20-13-14-5-2-1-3-6-14)11-15-7-4-8-16(12-17)21(15)19/h1-3,5-6,15-16,18H,4,7-13H2. The smallest absolute Gasteiger partial charge is 0.0716 e. The Morgan fingerprint density at radius 2 is 1.86 bits per heavy atom. The lowest BCUT2D eigenvalue weighted by Crippen LogP contribution is -2.49. The van der Waals surface area contributed by atoms with Gasteiger partial charge in [0.15, 0.2) is 0 Å². The van der Waals surface area contributed by atoms with Gasteiger partial charge >= 0.3 is 0 Å². The van der Waals surface area contributed by atoms with Crippen LogP contribution >= 0.6 is 0 Å². The second kappa shape index (κ2) is 6.59. The second-order valence-corrected chi connectivity index (χ2v) is 8.41. The topological polar surface area (TPSA) is 46.5 Å². The van der Waals surface area contributed by atoms with Gasteiger partial charge < -0.3 is 9.84 Å². The van der Waals surface area contributed by atoms with Crippen molar-refractivity contribution < 1.29 is 14.1 Å². The molecule has 0 saturated carbocycles. The van der Waals surface area contributed by atoms with Gasteiger partial charge in [-0.2, -0.15) is 0 Å². The molecule has 1 aromatic carbocycles. The van der Waals surface area contributed by atoms with Crippen molar-refractivity contribution in [1.82, 2.24) is 0 Å². The van der Waals surface area contributed by atoms with E-state index in [0.717, 1.165) is 18.4 Å². The number of fused-ring (bicyclic) bond motifs is 2. The zero-order valence-corrected chi connectivity index (χ0v) is 13.2. The van der Waals surface area contributed by atoms with Crippen LogP contribution in [0, 0.1) is 0 Å². The molecule has 1 N–H and O–H groups in total. The van der Waals surface area contributed by atoms with Gasteiger partial charge in [0.25, 0.3) is 0 Å². The van der Waals surface area contributed by atoms with Crippen LogP contribution in [-0.4, -0.2) is 32.0 Å². The Morgan fingerprint density at radius 1 is 1.19 bits per heavy atom. The summed E-state index contributed by atoms with van der Waals surface area (Å²) in [5, 5.41) is 11.2. The minimum atomic E-state index is -0.720. The summed E-state index contributed by atoms with van der Waals surface area (Å²) in [4.78, 5) is 0. The van der Waals surface area contributed by atoms with E-state index in [0.29, 0.717) is 32.5 Å². The highest BCUT2D eigenvalue weighted by atomic mass is 32.2. The number of benzene rings is 1. The molecule has 2 bridgehead atoms. The molecule has 0 aromatic heterocycles. The molecule has 0 amide bonds. The summed E-state index contributed by atoms with van der Waals surface area (Å²) in [5.41, 5.74) is 0.492. The second-order valence-electron chi connectivity index (χ2n) is 6.42. The lowest BCUT2D eigenvalue weighted by atomic mass is 9.83. The Bertz CT molecular complexity index is 472. The summed E-state index contributed by atoms with van der Waals surface area (Å²) >= 11 is 0. The predicted molar refractivity (Wildman–Crippen MR) is 84.5 cm³/mol. The van der Waals surface area contributed by atoms with Gasteiger partial charge in [-0.3, -0.25) is 4.21 Å². The number of rotatable bonds is 5. The van der Waals surface area contributed by atoms with E-state index in [1.807, 2.05) is 30.3 Å². The monoisotopic (exact) mass is 308 g/mol. The van der Waals surface area contributed by atoms with Crippen LogP contribution in [-0.2, 0) is 22.1 Å². The third kappa shape index (κ3) is 3.74. The fourth-order valence-corrected chi connectivity index (χ4v) is 5.90. The molecule has 2 unspecified atom stereocenters. The third-order valence-electron chi connectivity index (χ3n) is 4.75. The molecule has 4 heteroatoms. The molecule has 21 heavy (non-hydrogen) atoms. The van der Waals surface area contributed by atoms with E-state index in [1.54, 1.807) is 0 Å². The van der Waals surface area contributed by atoms with Gasteiger partial charge in [-0.15, -0.1) is 0 Å². The normalized spacial score (nSPS) is 35.6. The van der Waals surface area contributed by atoms with Gasteiger partial charge in [0.2, 0.25) is 0 Å². The van der Waals surface area contributed by atoms with Crippen LogP contribution in [0.5, 0.6) is 0 Å². The summed E-state index contributed by atoms with van der Waals surface area (Å²) in [6.45, 7) is 1.16. The van der Waals surface area contributed by atoms with Gasteiger partial charge in [0.1, 0.15) is 0 Å². The Labute approximate surface area is 129 Å². The first-order valence-electron chi connectivity index (χ1n) is 7.90. The fraction of sp³-hybridized carbons (Fsp3) is 0.647. The molecule has 2 aliphatic heterocycles. The van der Waals surface area contributed by atoms with E-state index in [2.05, 4.69) is 0 Å². The number of aliphatic hydroxyl groups is 1. The zero-order valence-electron chi connectivity index (χ0n) is 12.4. The van der Waals surface area contributed by atoms with Crippen molar-refractivity contribution >= 4 is 10.8 Å². The molecule has 0 radical (unpaired) electrons. The van der Waals surface area contributed by atoms with Crippen LogP contribution in [0.25, 0.3) is 0 Å². The zero-order chi connectivity index (χ0) is 14.7. The Morgan fingerprint density at radius 3 is 2.52 bits per heavy atom. The van der Waals surface area contributed by atoms with E-state index in [4.69, 9.17) is 4.74 Å². The summed E-state index contributed by atoms with van der Waals surface area (Å²) in [6.07, 6.45) is 5.22. The van der Waals surface area contributed by atoms with Crippen LogP contribution in [0.3, 0.4) is 0 Å². The van der Waals surface area contributed by atoms with Crippen molar-refractivity contribution in [1.29, 1.82) is 0 Å². The highest BCUT2D eigenvalue weighted by Gasteiger charge is 2.45. The van der Waals surface area contributed by atoms with Gasteiger partial charge in [-0.05, 0) is 37.7 Å². The van der Waals surface area contributed by atoms with Crippen molar-refractivity contribution in [2.45, 2.75) is 61.2 Å². The molecule has 0 aliphatic carbocycles. The third-order valence-corrected chi connectivity index (χ3v) is 6.87. The lowest BCUT2D eigenvalue weighted by molar-refractivity contribution is -0.0242. The van der Waals surface area contributed by atoms with Gasteiger partial charge in [0.05, 0.1) is 12.2 Å². The molecule has 2 saturated heterocycles. The first-order valence-corrected chi connectivity index (χ1v) is 9.17. The lowest BCUT2D eigenvalue weighted by Gasteiger charge is -2.43. The average Bonchev–Trinajstić information content (AvgIpc) is 2.47. The predicted octanol–water partition coefficient (Wildman–Crippen LogP) is 2.79. The summed E-state index contributed by atoms with van der Waals surface area (Å²) < 4.78 is 17.9. The molecule has 1 aromatic rings. The van der Waals surface area contributed by atoms with Crippen molar-refractivity contribution in [3.8, 4) is 0 Å². The SMILES string of the molecule is O=S1C2CCCC1CC(O)(CCOCc1ccccc1)C2. The minimum Gasteiger partial charge on any atom is -0.390 e. The van der Waals surface area contributed by atoms with Crippen LogP contribution in [0.1, 0.15) is 44.1 Å². The van der Waals surface area contributed by atoms with Crippen molar-refractivity contribution in [3.05, 3.63) is 35.9 Å². The highest BCUT2D eigenvalue weighted by Crippen LogP contribution is 2.40. The van der Waals surface area contributed by atoms with Crippen molar-refractivity contribution in [2.75, 3.05) is 6.61 Å². The number of ether oxygens (including phenoxy) is 1. The van der Waals surface area contributed by atoms with Crippen molar-refractivity contribution in [2.24, 2.45) is 0 Å². The first-order chi connectivity index (χ1) is 10.2. The van der Waals surface area contributed by atoms with Crippen LogP contribution in [0.4, 0.5) is 0 Å². The molecule has 3 rings (SSSR count). The van der Waals surface area contributed by atoms with Crippen LogP contribution in [0.2, 0.25) is 0 Å².